The molecule has 10 heteroatoms. The standard InChI is InChI=1S/C22H21Cl3FNO5/c23-22(24,25)12-30-21(28)27-8-7-18(14-1-3-16(26)4-2-14)15(10-27)11-29-17-5-6-19-20(9-17)32-13-31-19/h1-6,9,15,18H,7-8,10-13H2/t15?,18-/m0/s1. The number of benzene rings is 2. The van der Waals surface area contributed by atoms with E-state index in [1.54, 1.807) is 35.2 Å². The number of likely N-dealkylation sites (tertiary alicyclic amines) is 1. The van der Waals surface area contributed by atoms with Gasteiger partial charge in [-0.2, -0.15) is 0 Å². The van der Waals surface area contributed by atoms with Gasteiger partial charge in [-0.05, 0) is 42.2 Å². The number of ether oxygens (including phenoxy) is 4. The molecule has 0 radical (unpaired) electrons. The van der Waals surface area contributed by atoms with E-state index >= 15 is 0 Å². The zero-order valence-electron chi connectivity index (χ0n) is 16.9. The number of fused-ring (bicyclic) bond motifs is 1. The van der Waals surface area contributed by atoms with Gasteiger partial charge in [0.25, 0.3) is 0 Å². The highest BCUT2D eigenvalue weighted by Gasteiger charge is 2.34. The second kappa shape index (κ2) is 9.81. The third kappa shape index (κ3) is 5.82. The van der Waals surface area contributed by atoms with E-state index < -0.39 is 9.89 Å². The third-order valence-corrected chi connectivity index (χ3v) is 5.79. The van der Waals surface area contributed by atoms with Gasteiger partial charge in [-0.1, -0.05) is 46.9 Å². The molecule has 0 aliphatic carbocycles. The molecule has 2 aliphatic heterocycles. The molecular weight excluding hydrogens is 484 g/mol. The van der Waals surface area contributed by atoms with Gasteiger partial charge in [-0.25, -0.2) is 9.18 Å². The molecule has 1 unspecified atom stereocenters. The van der Waals surface area contributed by atoms with Crippen molar-refractivity contribution in [1.29, 1.82) is 0 Å². The molecule has 172 valence electrons. The predicted octanol–water partition coefficient (Wildman–Crippen LogP) is 5.55. The van der Waals surface area contributed by atoms with Gasteiger partial charge in [-0.15, -0.1) is 0 Å². The summed E-state index contributed by atoms with van der Waals surface area (Å²) in [4.78, 5) is 14.1. The normalized spacial score (nSPS) is 20.2. The molecule has 2 aliphatic rings. The molecule has 2 aromatic carbocycles. The van der Waals surface area contributed by atoms with Crippen molar-refractivity contribution in [1.82, 2.24) is 4.90 Å². The lowest BCUT2D eigenvalue weighted by Crippen LogP contribution is -2.45. The number of alkyl halides is 3. The van der Waals surface area contributed by atoms with Crippen LogP contribution in [0.3, 0.4) is 0 Å². The average molecular weight is 505 g/mol. The molecule has 2 aromatic rings. The molecule has 0 N–H and O–H groups in total. The molecule has 0 bridgehead atoms. The molecule has 0 saturated carbocycles. The van der Waals surface area contributed by atoms with E-state index in [4.69, 9.17) is 53.8 Å². The number of hydrogen-bond donors (Lipinski definition) is 0. The van der Waals surface area contributed by atoms with Gasteiger partial charge in [0, 0.05) is 25.1 Å². The van der Waals surface area contributed by atoms with Gasteiger partial charge < -0.3 is 23.8 Å². The zero-order valence-corrected chi connectivity index (χ0v) is 19.2. The Morgan fingerprint density at radius 2 is 1.88 bits per heavy atom. The average Bonchev–Trinajstić information content (AvgIpc) is 3.24. The van der Waals surface area contributed by atoms with Gasteiger partial charge in [0.2, 0.25) is 10.6 Å². The van der Waals surface area contributed by atoms with Gasteiger partial charge in [0.05, 0.1) is 6.61 Å². The Labute approximate surface area is 200 Å². The molecular formula is C22H21Cl3FNO5. The number of carbonyl (C=O) groups is 1. The van der Waals surface area contributed by atoms with Crippen LogP contribution in [0.1, 0.15) is 17.9 Å². The van der Waals surface area contributed by atoms with Crippen molar-refractivity contribution in [3.8, 4) is 17.2 Å². The SMILES string of the molecule is O=C(OCC(Cl)(Cl)Cl)N1CC[C@@H](c2ccc(F)cc2)C(COc2ccc3c(c2)OCO3)C1. The number of halogens is 4. The zero-order chi connectivity index (χ0) is 22.7. The maximum Gasteiger partial charge on any atom is 0.409 e. The summed E-state index contributed by atoms with van der Waals surface area (Å²) in [5, 5.41) is 0. The van der Waals surface area contributed by atoms with Crippen LogP contribution in [0, 0.1) is 11.7 Å². The van der Waals surface area contributed by atoms with Gasteiger partial charge in [-0.3, -0.25) is 0 Å². The van der Waals surface area contributed by atoms with Gasteiger partial charge in [0.1, 0.15) is 18.2 Å². The van der Waals surface area contributed by atoms with Crippen molar-refractivity contribution >= 4 is 40.9 Å². The summed E-state index contributed by atoms with van der Waals surface area (Å²) in [6, 6.07) is 11.8. The van der Waals surface area contributed by atoms with E-state index in [0.717, 1.165) is 5.56 Å². The number of piperidine rings is 1. The lowest BCUT2D eigenvalue weighted by Gasteiger charge is -2.38. The van der Waals surface area contributed by atoms with Crippen molar-refractivity contribution in [2.75, 3.05) is 33.1 Å². The molecule has 2 heterocycles. The number of hydrogen-bond acceptors (Lipinski definition) is 5. The van der Waals surface area contributed by atoms with Gasteiger partial charge in [0.15, 0.2) is 11.5 Å². The number of rotatable bonds is 5. The van der Waals surface area contributed by atoms with Crippen LogP contribution in [0.5, 0.6) is 17.2 Å². The fourth-order valence-corrected chi connectivity index (χ4v) is 4.08. The second-order valence-corrected chi connectivity index (χ2v) is 10.2. The van der Waals surface area contributed by atoms with Crippen LogP contribution in [0.15, 0.2) is 42.5 Å². The molecule has 32 heavy (non-hydrogen) atoms. The minimum Gasteiger partial charge on any atom is -0.493 e. The van der Waals surface area contributed by atoms with E-state index in [2.05, 4.69) is 0 Å². The lowest BCUT2D eigenvalue weighted by atomic mass is 9.81. The highest BCUT2D eigenvalue weighted by Crippen LogP contribution is 2.37. The Balaban J connectivity index is 1.46. The third-order valence-electron chi connectivity index (χ3n) is 5.46. The predicted molar refractivity (Wildman–Crippen MR) is 119 cm³/mol. The highest BCUT2D eigenvalue weighted by molar-refractivity contribution is 6.67. The molecule has 1 fully saturated rings. The van der Waals surface area contributed by atoms with Crippen LogP contribution >= 0.6 is 34.8 Å². The maximum absolute atomic E-state index is 13.4. The monoisotopic (exact) mass is 503 g/mol. The number of carbonyl (C=O) groups excluding carboxylic acids is 1. The van der Waals surface area contributed by atoms with Crippen molar-refractivity contribution in [2.24, 2.45) is 5.92 Å². The minimum atomic E-state index is -1.68. The Morgan fingerprint density at radius 3 is 2.62 bits per heavy atom. The van der Waals surface area contributed by atoms with E-state index in [-0.39, 0.29) is 31.1 Å². The molecule has 0 aromatic heterocycles. The fraction of sp³-hybridized carbons (Fsp3) is 0.409. The summed E-state index contributed by atoms with van der Waals surface area (Å²) >= 11 is 17.1. The van der Waals surface area contributed by atoms with Crippen molar-refractivity contribution in [3.63, 3.8) is 0 Å². The Morgan fingerprint density at radius 1 is 1.12 bits per heavy atom. The van der Waals surface area contributed by atoms with E-state index in [0.29, 0.717) is 43.4 Å². The molecule has 1 saturated heterocycles. The summed E-state index contributed by atoms with van der Waals surface area (Å²) in [5.74, 6) is 1.62. The first-order valence-corrected chi connectivity index (χ1v) is 11.2. The Kier molecular flexibility index (Phi) is 7.08. The minimum absolute atomic E-state index is 0.0695. The summed E-state index contributed by atoms with van der Waals surface area (Å²) in [5.41, 5.74) is 0.986. The topological polar surface area (TPSA) is 57.2 Å². The second-order valence-electron chi connectivity index (χ2n) is 7.65. The number of nitrogens with zero attached hydrogens (tertiary/aromatic N) is 1. The first-order chi connectivity index (χ1) is 15.3. The van der Waals surface area contributed by atoms with Crippen LogP contribution in [0.2, 0.25) is 0 Å². The van der Waals surface area contributed by atoms with E-state index in [9.17, 15) is 9.18 Å². The lowest BCUT2D eigenvalue weighted by molar-refractivity contribution is 0.0694. The molecule has 1 amide bonds. The summed E-state index contributed by atoms with van der Waals surface area (Å²) < 4.78 is 33.6. The number of amides is 1. The van der Waals surface area contributed by atoms with Crippen LogP contribution in [0.25, 0.3) is 0 Å². The summed E-state index contributed by atoms with van der Waals surface area (Å²) in [6.07, 6.45) is 0.103. The molecule has 0 spiro atoms. The summed E-state index contributed by atoms with van der Waals surface area (Å²) in [7, 11) is 0. The quantitative estimate of drug-likeness (QED) is 0.500. The summed E-state index contributed by atoms with van der Waals surface area (Å²) in [6.45, 7) is 1.01. The molecule has 2 atom stereocenters. The Bertz CT molecular complexity index is 954. The van der Waals surface area contributed by atoms with Crippen molar-refractivity contribution in [2.45, 2.75) is 16.1 Å². The van der Waals surface area contributed by atoms with Crippen LogP contribution in [0.4, 0.5) is 9.18 Å². The van der Waals surface area contributed by atoms with Crippen LogP contribution in [-0.2, 0) is 4.74 Å². The smallest absolute Gasteiger partial charge is 0.409 e. The Hall–Kier alpha value is -2.09. The van der Waals surface area contributed by atoms with Crippen molar-refractivity contribution < 1.29 is 28.1 Å². The first kappa shape index (κ1) is 23.1. The van der Waals surface area contributed by atoms with Crippen LogP contribution in [-0.4, -0.2) is 47.9 Å². The van der Waals surface area contributed by atoms with Gasteiger partial charge >= 0.3 is 6.09 Å². The highest BCUT2D eigenvalue weighted by atomic mass is 35.6. The van der Waals surface area contributed by atoms with Crippen LogP contribution < -0.4 is 14.2 Å². The molecule has 4 rings (SSSR count). The fourth-order valence-electron chi connectivity index (χ4n) is 3.92. The van der Waals surface area contributed by atoms with Crippen molar-refractivity contribution in [3.05, 3.63) is 53.8 Å². The maximum atomic E-state index is 13.4. The largest absolute Gasteiger partial charge is 0.493 e. The first-order valence-electron chi connectivity index (χ1n) is 10.0. The van der Waals surface area contributed by atoms with E-state index in [1.807, 2.05) is 0 Å². The molecule has 6 nitrogen and oxygen atoms in total. The van der Waals surface area contributed by atoms with E-state index in [1.165, 1.54) is 12.1 Å².